The molecule has 0 aliphatic carbocycles. The van der Waals surface area contributed by atoms with Crippen molar-refractivity contribution in [2.75, 3.05) is 35.9 Å². The van der Waals surface area contributed by atoms with Gasteiger partial charge in [0.2, 0.25) is 17.7 Å². The zero-order valence-corrected chi connectivity index (χ0v) is 28.8. The van der Waals surface area contributed by atoms with Gasteiger partial charge >= 0.3 is 15.9 Å². The Kier molecular flexibility index (Phi) is 9.00. The summed E-state index contributed by atoms with van der Waals surface area (Å²) in [6.45, 7) is 2.04. The molecule has 0 spiro atoms. The van der Waals surface area contributed by atoms with Crippen molar-refractivity contribution in [3.63, 3.8) is 0 Å². The number of aryl methyl sites for hydroxylation is 1. The van der Waals surface area contributed by atoms with Crippen LogP contribution in [0.4, 0.5) is 15.8 Å². The molecule has 16 nitrogen and oxygen atoms in total. The smallest absolute Gasteiger partial charge is 0.329 e. The third-order valence-electron chi connectivity index (χ3n) is 10.1. The van der Waals surface area contributed by atoms with Gasteiger partial charge in [-0.05, 0) is 92.5 Å². The van der Waals surface area contributed by atoms with Gasteiger partial charge < -0.3 is 15.5 Å². The lowest BCUT2D eigenvalue weighted by molar-refractivity contribution is -0.135. The van der Waals surface area contributed by atoms with Crippen molar-refractivity contribution < 1.29 is 42.2 Å². The van der Waals surface area contributed by atoms with Crippen LogP contribution in [0, 0.1) is 5.82 Å². The second kappa shape index (κ2) is 13.3. The fourth-order valence-electron chi connectivity index (χ4n) is 7.52. The Morgan fingerprint density at radius 1 is 1.02 bits per heavy atom. The molecule has 0 radical (unpaired) electrons. The van der Waals surface area contributed by atoms with E-state index in [0.717, 1.165) is 11.6 Å². The van der Waals surface area contributed by atoms with E-state index in [4.69, 9.17) is 0 Å². The molecule has 2 atom stereocenters. The number of imidazole rings is 1. The van der Waals surface area contributed by atoms with Crippen LogP contribution in [-0.4, -0.2) is 88.6 Å². The van der Waals surface area contributed by atoms with E-state index < -0.39 is 70.4 Å². The molecule has 3 aliphatic heterocycles. The first-order valence-electron chi connectivity index (χ1n) is 16.8. The number of anilines is 2. The lowest BCUT2D eigenvalue weighted by Gasteiger charge is -2.36. The number of fused-ring (bicyclic) bond motifs is 2. The Morgan fingerprint density at radius 2 is 1.77 bits per heavy atom. The molecule has 3 saturated heterocycles. The van der Waals surface area contributed by atoms with Crippen molar-refractivity contribution in [1.82, 2.24) is 24.1 Å². The third kappa shape index (κ3) is 6.05. The number of aromatic hydroxyl groups is 1. The number of piperidine rings is 2. The number of imide groups is 1. The lowest BCUT2D eigenvalue weighted by Crippen LogP contribution is -2.49. The molecule has 18 heteroatoms. The number of hydrogen-bond donors (Lipinski definition) is 5. The topological polar surface area (TPSA) is 212 Å². The van der Waals surface area contributed by atoms with Crippen LogP contribution in [0.1, 0.15) is 50.1 Å². The number of likely N-dealkylation sites (tertiary alicyclic amines) is 1. The van der Waals surface area contributed by atoms with Crippen LogP contribution in [0.5, 0.6) is 5.75 Å². The van der Waals surface area contributed by atoms with Gasteiger partial charge in [-0.25, -0.2) is 18.2 Å². The van der Waals surface area contributed by atoms with E-state index in [2.05, 4.69) is 10.6 Å². The average molecular weight is 738 g/mol. The Balaban J connectivity index is 1.04. The Bertz CT molecular complexity index is 2330. The number of carbonyl (C=O) groups excluding carboxylic acids is 4. The first kappa shape index (κ1) is 35.1. The maximum atomic E-state index is 15.5. The molecule has 3 aromatic carbocycles. The minimum Gasteiger partial charge on any atom is -0.506 e. The van der Waals surface area contributed by atoms with Crippen LogP contribution < -0.4 is 25.4 Å². The summed E-state index contributed by atoms with van der Waals surface area (Å²) in [6.07, 6.45) is 1.71. The summed E-state index contributed by atoms with van der Waals surface area (Å²) in [6, 6.07) is 9.32. The fourth-order valence-corrected chi connectivity index (χ4v) is 8.68. The molecular formula is C34H36FN7O9S. The molecule has 3 aliphatic rings. The number of halogens is 1. The van der Waals surface area contributed by atoms with Crippen LogP contribution in [-0.2, 0) is 35.9 Å². The summed E-state index contributed by atoms with van der Waals surface area (Å²) in [5.74, 6) is -3.91. The van der Waals surface area contributed by atoms with Crippen LogP contribution in [0.2, 0.25) is 0 Å². The molecule has 4 amide bonds. The minimum absolute atomic E-state index is 0.0530. The number of hydrogen-bond acceptors (Lipinski definition) is 10. The van der Waals surface area contributed by atoms with Gasteiger partial charge in [0.25, 0.3) is 5.91 Å². The highest BCUT2D eigenvalue weighted by molar-refractivity contribution is 7.92. The number of benzene rings is 3. The summed E-state index contributed by atoms with van der Waals surface area (Å²) in [7, 11) is -4.37. The Hall–Kier alpha value is -5.33. The second-order valence-corrected chi connectivity index (χ2v) is 14.7. The number of nitrogens with one attached hydrogen (secondary N) is 3. The van der Waals surface area contributed by atoms with Gasteiger partial charge in [-0.1, -0.05) is 6.07 Å². The number of rotatable bonds is 8. The number of phenolic OH excluding ortho intramolecular Hbond substituents is 1. The summed E-state index contributed by atoms with van der Waals surface area (Å²) in [5, 5.41) is 26.0. The van der Waals surface area contributed by atoms with Crippen LogP contribution >= 0.6 is 0 Å². The van der Waals surface area contributed by atoms with E-state index >= 15 is 4.39 Å². The van der Waals surface area contributed by atoms with Gasteiger partial charge in [-0.3, -0.25) is 38.5 Å². The summed E-state index contributed by atoms with van der Waals surface area (Å²) >= 11 is 0. The van der Waals surface area contributed by atoms with Crippen molar-refractivity contribution >= 4 is 67.0 Å². The first-order chi connectivity index (χ1) is 24.8. The van der Waals surface area contributed by atoms with Gasteiger partial charge in [0.05, 0.1) is 17.6 Å². The van der Waals surface area contributed by atoms with Crippen LogP contribution in [0.25, 0.3) is 21.8 Å². The molecule has 3 fully saturated rings. The van der Waals surface area contributed by atoms with E-state index in [9.17, 15) is 42.6 Å². The summed E-state index contributed by atoms with van der Waals surface area (Å²) in [4.78, 5) is 64.7. The predicted octanol–water partition coefficient (Wildman–Crippen LogP) is 1.16. The Morgan fingerprint density at radius 3 is 2.42 bits per heavy atom. The van der Waals surface area contributed by atoms with E-state index in [1.807, 2.05) is 30.0 Å². The number of aliphatic hydroxyl groups is 1. The largest absolute Gasteiger partial charge is 0.506 e. The highest BCUT2D eigenvalue weighted by Crippen LogP contribution is 2.39. The maximum Gasteiger partial charge on any atom is 0.329 e. The molecule has 4 heterocycles. The number of aromatic nitrogens is 2. The SMILES string of the molecule is CCn1c(=O)n(C2CCC(=O)NC2=O)c2ccc(C3CCN([C@@H](CO)C(=O)Nc4ccc5c(F)c(N6CC(=O)NS6(=O)=O)c(O)cc5c4)CC3)cc21. The van der Waals surface area contributed by atoms with Gasteiger partial charge in [0.15, 0.2) is 5.82 Å². The standard InChI is InChI=1S/C34H36FN7O9S/c1-2-40-25-14-19(3-6-23(25)42(34(40)49)24-7-8-28(45)37-32(24)47)18-9-11-39(12-10-18)26(17-43)33(48)36-21-4-5-22-20(13-21)15-27(44)31(30(22)35)41-16-29(46)38-52(41,50)51/h3-6,13-15,18,24,26,43-44H,2,7-12,16-17H2,1H3,(H,36,48)(H,38,46)(H,37,45,47)/t24?,26-/m0/s1. The van der Waals surface area contributed by atoms with Crippen molar-refractivity contribution in [2.24, 2.45) is 0 Å². The summed E-state index contributed by atoms with van der Waals surface area (Å²) < 4.78 is 45.3. The molecule has 5 N–H and O–H groups in total. The van der Waals surface area contributed by atoms with E-state index in [1.165, 1.54) is 22.8 Å². The number of carbonyl (C=O) groups is 4. The number of aliphatic hydroxyl groups excluding tert-OH is 1. The molecule has 1 unspecified atom stereocenters. The van der Waals surface area contributed by atoms with Crippen molar-refractivity contribution in [3.8, 4) is 5.75 Å². The third-order valence-corrected chi connectivity index (χ3v) is 11.5. The summed E-state index contributed by atoms with van der Waals surface area (Å²) in [5.41, 5.74) is 1.57. The maximum absolute atomic E-state index is 15.5. The van der Waals surface area contributed by atoms with E-state index in [1.54, 1.807) is 9.29 Å². The monoisotopic (exact) mass is 737 g/mol. The highest BCUT2D eigenvalue weighted by Gasteiger charge is 2.38. The van der Waals surface area contributed by atoms with Crippen molar-refractivity contribution in [2.45, 2.75) is 57.2 Å². The number of phenols is 1. The van der Waals surface area contributed by atoms with Crippen molar-refractivity contribution in [3.05, 3.63) is 64.3 Å². The zero-order chi connectivity index (χ0) is 37.1. The zero-order valence-electron chi connectivity index (χ0n) is 28.0. The first-order valence-corrected chi connectivity index (χ1v) is 18.3. The molecule has 4 aromatic rings. The van der Waals surface area contributed by atoms with Crippen LogP contribution in [0.15, 0.2) is 47.3 Å². The van der Waals surface area contributed by atoms with Gasteiger partial charge in [-0.15, -0.1) is 0 Å². The molecule has 0 saturated carbocycles. The van der Waals surface area contributed by atoms with Gasteiger partial charge in [0, 0.05) is 24.0 Å². The molecule has 52 heavy (non-hydrogen) atoms. The number of amides is 4. The molecule has 0 bridgehead atoms. The van der Waals surface area contributed by atoms with Gasteiger partial charge in [0.1, 0.15) is 30.1 Å². The van der Waals surface area contributed by atoms with Gasteiger partial charge in [-0.2, -0.15) is 8.42 Å². The second-order valence-electron chi connectivity index (χ2n) is 13.1. The molecule has 7 rings (SSSR count). The van der Waals surface area contributed by atoms with Crippen molar-refractivity contribution in [1.29, 1.82) is 0 Å². The number of nitrogens with zero attached hydrogens (tertiary/aromatic N) is 4. The van der Waals surface area contributed by atoms with E-state index in [0.29, 0.717) is 47.8 Å². The minimum atomic E-state index is -4.37. The molecule has 1 aromatic heterocycles. The normalized spacial score (nSPS) is 20.3. The Labute approximate surface area is 296 Å². The average Bonchev–Trinajstić information content (AvgIpc) is 3.53. The molecule has 274 valence electrons. The lowest BCUT2D eigenvalue weighted by atomic mass is 9.88. The van der Waals surface area contributed by atoms with Crippen LogP contribution in [0.3, 0.4) is 0 Å². The molecular weight excluding hydrogens is 701 g/mol. The highest BCUT2D eigenvalue weighted by atomic mass is 32.2. The predicted molar refractivity (Wildman–Crippen MR) is 186 cm³/mol. The van der Waals surface area contributed by atoms with E-state index in [-0.39, 0.29) is 46.8 Å². The quantitative estimate of drug-likeness (QED) is 0.163. The fraction of sp³-hybridized carbons (Fsp3) is 0.382.